The number of rotatable bonds is 8. The minimum absolute atomic E-state index is 0.274. The zero-order valence-electron chi connectivity index (χ0n) is 16.5. The highest BCUT2D eigenvalue weighted by Gasteiger charge is 2.34. The van der Waals surface area contributed by atoms with Crippen molar-refractivity contribution >= 4 is 12.0 Å². The van der Waals surface area contributed by atoms with Crippen molar-refractivity contribution in [2.45, 2.75) is 39.7 Å². The van der Waals surface area contributed by atoms with Gasteiger partial charge in [0.2, 0.25) is 0 Å². The molecule has 2 atom stereocenters. The van der Waals surface area contributed by atoms with E-state index in [9.17, 15) is 9.59 Å². The Morgan fingerprint density at radius 2 is 2.00 bits per heavy atom. The number of urea groups is 1. The predicted molar refractivity (Wildman–Crippen MR) is 102 cm³/mol. The fourth-order valence-corrected chi connectivity index (χ4v) is 3.13. The number of carbonyl (C=O) groups excluding carboxylic acids is 2. The van der Waals surface area contributed by atoms with E-state index in [0.29, 0.717) is 34.9 Å². The van der Waals surface area contributed by atoms with E-state index in [2.05, 4.69) is 17.6 Å². The minimum Gasteiger partial charge on any atom is -0.497 e. The van der Waals surface area contributed by atoms with Crippen LogP contribution >= 0.6 is 0 Å². The van der Waals surface area contributed by atoms with Gasteiger partial charge in [-0.05, 0) is 37.5 Å². The Bertz CT molecular complexity index is 729. The van der Waals surface area contributed by atoms with Crippen molar-refractivity contribution in [3.05, 3.63) is 35.0 Å². The van der Waals surface area contributed by atoms with Gasteiger partial charge in [-0.3, -0.25) is 0 Å². The fraction of sp³-hybridized carbons (Fsp3) is 0.500. The second-order valence-corrected chi connectivity index (χ2v) is 6.67. The zero-order chi connectivity index (χ0) is 20.0. The lowest BCUT2D eigenvalue weighted by atomic mass is 9.94. The van der Waals surface area contributed by atoms with Gasteiger partial charge < -0.3 is 24.8 Å². The van der Waals surface area contributed by atoms with Crippen LogP contribution in [0.15, 0.2) is 29.5 Å². The monoisotopic (exact) mass is 376 g/mol. The average molecular weight is 376 g/mol. The maximum absolute atomic E-state index is 12.8. The summed E-state index contributed by atoms with van der Waals surface area (Å²) in [6.45, 7) is 6.15. The van der Waals surface area contributed by atoms with Crippen molar-refractivity contribution in [1.29, 1.82) is 0 Å². The Morgan fingerprint density at radius 3 is 2.63 bits per heavy atom. The van der Waals surface area contributed by atoms with Crippen molar-refractivity contribution in [1.82, 2.24) is 10.6 Å². The topological polar surface area (TPSA) is 85.9 Å². The lowest BCUT2D eigenvalue weighted by molar-refractivity contribution is -0.140. The van der Waals surface area contributed by atoms with Gasteiger partial charge in [0.15, 0.2) is 0 Å². The van der Waals surface area contributed by atoms with Crippen LogP contribution < -0.4 is 20.1 Å². The van der Waals surface area contributed by atoms with Crippen LogP contribution in [-0.2, 0) is 9.53 Å². The highest BCUT2D eigenvalue weighted by Crippen LogP contribution is 2.35. The summed E-state index contributed by atoms with van der Waals surface area (Å²) in [5, 5.41) is 5.43. The number of methoxy groups -OCH3 is 2. The van der Waals surface area contributed by atoms with Crippen molar-refractivity contribution in [2.75, 3.05) is 20.8 Å². The zero-order valence-corrected chi connectivity index (χ0v) is 16.5. The van der Waals surface area contributed by atoms with E-state index in [4.69, 9.17) is 14.2 Å². The largest absolute Gasteiger partial charge is 0.497 e. The van der Waals surface area contributed by atoms with Gasteiger partial charge in [0.05, 0.1) is 32.4 Å². The van der Waals surface area contributed by atoms with E-state index in [1.165, 1.54) is 7.11 Å². The highest BCUT2D eigenvalue weighted by atomic mass is 16.5. The smallest absolute Gasteiger partial charge is 0.338 e. The van der Waals surface area contributed by atoms with Crippen LogP contribution in [0, 0.1) is 5.92 Å². The summed E-state index contributed by atoms with van der Waals surface area (Å²) in [7, 11) is 3.09. The fourth-order valence-electron chi connectivity index (χ4n) is 3.13. The van der Waals surface area contributed by atoms with Gasteiger partial charge >= 0.3 is 12.0 Å². The first-order valence-corrected chi connectivity index (χ1v) is 9.08. The van der Waals surface area contributed by atoms with E-state index < -0.39 is 18.0 Å². The lowest BCUT2D eigenvalue weighted by Crippen LogP contribution is -2.45. The van der Waals surface area contributed by atoms with Gasteiger partial charge in [-0.25, -0.2) is 9.59 Å². The quantitative estimate of drug-likeness (QED) is 0.680. The van der Waals surface area contributed by atoms with Gasteiger partial charge in [-0.1, -0.05) is 20.3 Å². The number of allylic oxidation sites excluding steroid dienone is 1. The molecule has 0 fully saturated rings. The molecule has 1 aromatic rings. The molecule has 27 heavy (non-hydrogen) atoms. The predicted octanol–water partition coefficient (Wildman–Crippen LogP) is 3.31. The third-order valence-corrected chi connectivity index (χ3v) is 4.52. The lowest BCUT2D eigenvalue weighted by Gasteiger charge is -2.29. The van der Waals surface area contributed by atoms with Crippen molar-refractivity contribution in [2.24, 2.45) is 5.92 Å². The molecule has 0 radical (unpaired) electrons. The third-order valence-electron chi connectivity index (χ3n) is 4.52. The van der Waals surface area contributed by atoms with Crippen LogP contribution in [0.25, 0.3) is 0 Å². The van der Waals surface area contributed by atoms with Crippen LogP contribution in [0.2, 0.25) is 0 Å². The second-order valence-electron chi connectivity index (χ2n) is 6.67. The van der Waals surface area contributed by atoms with Crippen LogP contribution in [0.3, 0.4) is 0 Å². The molecule has 1 aliphatic rings. The van der Waals surface area contributed by atoms with Gasteiger partial charge in [0.25, 0.3) is 0 Å². The molecular weight excluding hydrogens is 348 g/mol. The SMILES string of the molecule is CCC[C@@H](C)COC(=O)C1=C(C)NC(=O)N[C@@H]1c1cc(OC)ccc1OC. The molecule has 148 valence electrons. The molecule has 7 nitrogen and oxygen atoms in total. The van der Waals surface area contributed by atoms with Crippen molar-refractivity contribution in [3.8, 4) is 11.5 Å². The second kappa shape index (κ2) is 9.30. The molecule has 0 aromatic heterocycles. The molecule has 1 heterocycles. The number of esters is 1. The number of ether oxygens (including phenoxy) is 3. The van der Waals surface area contributed by atoms with Gasteiger partial charge in [-0.2, -0.15) is 0 Å². The van der Waals surface area contributed by atoms with E-state index in [1.54, 1.807) is 32.2 Å². The number of hydrogen-bond acceptors (Lipinski definition) is 5. The van der Waals surface area contributed by atoms with Crippen molar-refractivity contribution < 1.29 is 23.8 Å². The van der Waals surface area contributed by atoms with Gasteiger partial charge in [0, 0.05) is 11.3 Å². The highest BCUT2D eigenvalue weighted by molar-refractivity contribution is 5.95. The standard InChI is InChI=1S/C20H28N2O5/c1-6-7-12(2)11-27-19(23)17-13(3)21-20(24)22-18(17)15-10-14(25-4)8-9-16(15)26-5/h8-10,12,18H,6-7,11H2,1-5H3,(H2,21,22,24)/t12-,18-/m1/s1. The molecule has 2 rings (SSSR count). The van der Waals surface area contributed by atoms with E-state index >= 15 is 0 Å². The van der Waals surface area contributed by atoms with E-state index in [0.717, 1.165) is 12.8 Å². The molecular formula is C20H28N2O5. The Labute approximate surface area is 160 Å². The summed E-state index contributed by atoms with van der Waals surface area (Å²) >= 11 is 0. The molecule has 0 unspecified atom stereocenters. The third kappa shape index (κ3) is 4.93. The number of hydrogen-bond donors (Lipinski definition) is 2. The first kappa shape index (κ1) is 20.6. The minimum atomic E-state index is -0.696. The summed E-state index contributed by atoms with van der Waals surface area (Å²) in [6.07, 6.45) is 2.01. The Balaban J connectivity index is 2.37. The molecule has 1 aliphatic heterocycles. The summed E-state index contributed by atoms with van der Waals surface area (Å²) in [6, 6.07) is 4.15. The molecule has 2 N–H and O–H groups in total. The molecule has 2 amide bonds. The maximum atomic E-state index is 12.8. The normalized spacial score (nSPS) is 17.7. The molecule has 0 saturated carbocycles. The molecule has 7 heteroatoms. The number of benzene rings is 1. The van der Waals surface area contributed by atoms with E-state index in [1.807, 2.05) is 6.92 Å². The maximum Gasteiger partial charge on any atom is 0.338 e. The Kier molecular flexibility index (Phi) is 7.10. The summed E-state index contributed by atoms with van der Waals surface area (Å²) in [5.41, 5.74) is 1.44. The summed E-state index contributed by atoms with van der Waals surface area (Å²) < 4.78 is 16.2. The molecule has 1 aromatic carbocycles. The Morgan fingerprint density at radius 1 is 1.26 bits per heavy atom. The summed E-state index contributed by atoms with van der Waals surface area (Å²) in [5.74, 6) is 0.953. The van der Waals surface area contributed by atoms with Crippen molar-refractivity contribution in [3.63, 3.8) is 0 Å². The number of nitrogens with one attached hydrogen (secondary N) is 2. The van der Waals surface area contributed by atoms with Crippen LogP contribution in [0.5, 0.6) is 11.5 Å². The molecule has 0 spiro atoms. The van der Waals surface area contributed by atoms with Gasteiger partial charge in [-0.15, -0.1) is 0 Å². The Hall–Kier alpha value is -2.70. The number of carbonyl (C=O) groups is 2. The number of amides is 2. The summed E-state index contributed by atoms with van der Waals surface area (Å²) in [4.78, 5) is 24.9. The molecule has 0 bridgehead atoms. The molecule has 0 saturated heterocycles. The first-order valence-electron chi connectivity index (χ1n) is 9.08. The van der Waals surface area contributed by atoms with E-state index in [-0.39, 0.29) is 5.92 Å². The van der Waals surface area contributed by atoms with Crippen LogP contribution in [-0.4, -0.2) is 32.8 Å². The van der Waals surface area contributed by atoms with Gasteiger partial charge in [0.1, 0.15) is 11.5 Å². The average Bonchev–Trinajstić information content (AvgIpc) is 2.65. The van der Waals surface area contributed by atoms with Crippen LogP contribution in [0.1, 0.15) is 45.2 Å². The first-order chi connectivity index (χ1) is 12.9. The molecule has 0 aliphatic carbocycles. The van der Waals surface area contributed by atoms with Crippen LogP contribution in [0.4, 0.5) is 4.79 Å².